The van der Waals surface area contributed by atoms with Crippen molar-refractivity contribution in [2.75, 3.05) is 0 Å². The highest BCUT2D eigenvalue weighted by molar-refractivity contribution is 8.13. The van der Waals surface area contributed by atoms with E-state index in [0.717, 1.165) is 28.5 Å². The molecule has 1 saturated carbocycles. The fourth-order valence-electron chi connectivity index (χ4n) is 5.83. The van der Waals surface area contributed by atoms with Gasteiger partial charge in [0.05, 0.1) is 0 Å². The highest BCUT2D eigenvalue weighted by Crippen LogP contribution is 2.59. The topological polar surface area (TPSA) is 26.3 Å². The van der Waals surface area contributed by atoms with Crippen molar-refractivity contribution in [3.63, 3.8) is 0 Å². The summed E-state index contributed by atoms with van der Waals surface area (Å²) in [6.07, 6.45) is 7.66. The summed E-state index contributed by atoms with van der Waals surface area (Å²) in [6, 6.07) is 10.7. The third kappa shape index (κ3) is 3.57. The zero-order chi connectivity index (χ0) is 21.9. The van der Waals surface area contributed by atoms with Crippen molar-refractivity contribution in [1.29, 1.82) is 0 Å². The van der Waals surface area contributed by atoms with E-state index in [1.807, 2.05) is 24.3 Å². The average molecular weight is 431 g/mol. The number of fused-ring (bicyclic) bond motifs is 7. The first kappa shape index (κ1) is 20.6. The third-order valence-corrected chi connectivity index (χ3v) is 7.72. The molecule has 3 unspecified atom stereocenters. The maximum atomic E-state index is 12.0. The lowest BCUT2D eigenvalue weighted by Crippen LogP contribution is -2.19. The van der Waals surface area contributed by atoms with E-state index in [9.17, 15) is 4.79 Å². The summed E-state index contributed by atoms with van der Waals surface area (Å²) in [5.41, 5.74) is 7.94. The van der Waals surface area contributed by atoms with Gasteiger partial charge < -0.3 is 4.74 Å². The maximum absolute atomic E-state index is 12.0. The molecule has 2 aromatic carbocycles. The highest BCUT2D eigenvalue weighted by atomic mass is 32.2. The minimum atomic E-state index is -0.0596. The lowest BCUT2D eigenvalue weighted by atomic mass is 9.76. The summed E-state index contributed by atoms with van der Waals surface area (Å²) in [5.74, 6) is 2.29. The van der Waals surface area contributed by atoms with Crippen LogP contribution in [0.1, 0.15) is 75.7 Å². The molecule has 0 aromatic heterocycles. The molecule has 1 fully saturated rings. The molecule has 5 rings (SSSR count). The zero-order valence-corrected chi connectivity index (χ0v) is 19.6. The molecule has 2 nitrogen and oxygen atoms in total. The van der Waals surface area contributed by atoms with Crippen LogP contribution in [0, 0.1) is 11.3 Å². The van der Waals surface area contributed by atoms with Crippen LogP contribution in [0.3, 0.4) is 0 Å². The molecular formula is C28H30O2S. The monoisotopic (exact) mass is 430 g/mol. The Morgan fingerprint density at radius 2 is 2.06 bits per heavy atom. The van der Waals surface area contributed by atoms with Gasteiger partial charge in [-0.3, -0.25) is 4.79 Å². The first-order chi connectivity index (χ1) is 14.8. The minimum absolute atomic E-state index is 0.0596. The smallest absolute Gasteiger partial charge is 0.190 e. The van der Waals surface area contributed by atoms with E-state index >= 15 is 0 Å². The van der Waals surface area contributed by atoms with E-state index in [1.54, 1.807) is 6.92 Å². The molecular weight excluding hydrogens is 400 g/mol. The van der Waals surface area contributed by atoms with Crippen LogP contribution in [0.25, 0.3) is 16.7 Å². The van der Waals surface area contributed by atoms with Crippen molar-refractivity contribution in [3.05, 3.63) is 65.8 Å². The maximum Gasteiger partial charge on any atom is 0.190 e. The quantitative estimate of drug-likeness (QED) is 0.365. The van der Waals surface area contributed by atoms with Crippen LogP contribution in [0.5, 0.6) is 5.75 Å². The molecule has 0 N–H and O–H groups in total. The molecule has 0 amide bonds. The summed E-state index contributed by atoms with van der Waals surface area (Å²) in [6.45, 7) is 12.6. The van der Waals surface area contributed by atoms with Crippen LogP contribution in [-0.4, -0.2) is 5.12 Å². The number of hydrogen-bond acceptors (Lipinski definition) is 3. The number of carbonyl (C=O) groups excluding carboxylic acids is 1. The Hall–Kier alpha value is -2.26. The number of ether oxygens (including phenoxy) is 1. The van der Waals surface area contributed by atoms with Crippen molar-refractivity contribution in [2.24, 2.45) is 11.3 Å². The van der Waals surface area contributed by atoms with Crippen LogP contribution in [0.4, 0.5) is 0 Å². The van der Waals surface area contributed by atoms with Crippen LogP contribution in [-0.2, 0) is 4.79 Å². The Labute approximate surface area is 189 Å². The molecule has 3 aliphatic rings. The molecule has 0 spiro atoms. The predicted molar refractivity (Wildman–Crippen MR) is 129 cm³/mol. The molecule has 0 bridgehead atoms. The van der Waals surface area contributed by atoms with E-state index in [2.05, 4.69) is 45.6 Å². The molecule has 3 heteroatoms. The second-order valence-corrected chi connectivity index (χ2v) is 11.2. The van der Waals surface area contributed by atoms with E-state index in [0.29, 0.717) is 5.92 Å². The fraction of sp³-hybridized carbons (Fsp3) is 0.393. The van der Waals surface area contributed by atoms with Crippen molar-refractivity contribution in [2.45, 2.75) is 63.9 Å². The van der Waals surface area contributed by atoms with Gasteiger partial charge in [0.2, 0.25) is 0 Å². The van der Waals surface area contributed by atoms with E-state index < -0.39 is 0 Å². The normalized spacial score (nSPS) is 26.5. The van der Waals surface area contributed by atoms with Gasteiger partial charge in [-0.05, 0) is 71.4 Å². The summed E-state index contributed by atoms with van der Waals surface area (Å²) < 4.78 is 6.59. The zero-order valence-electron chi connectivity index (χ0n) is 18.8. The van der Waals surface area contributed by atoms with Crippen molar-refractivity contribution in [3.8, 4) is 16.9 Å². The average Bonchev–Trinajstić information content (AvgIpc) is 3.43. The largest absolute Gasteiger partial charge is 0.485 e. The number of benzene rings is 2. The number of rotatable bonds is 3. The second kappa shape index (κ2) is 7.41. The molecule has 0 radical (unpaired) electrons. The molecule has 160 valence electrons. The van der Waals surface area contributed by atoms with Crippen LogP contribution in [0.2, 0.25) is 0 Å². The summed E-state index contributed by atoms with van der Waals surface area (Å²) >= 11 is 1.29. The Balaban J connectivity index is 1.80. The molecule has 31 heavy (non-hydrogen) atoms. The number of thioether (sulfide) groups is 1. The van der Waals surface area contributed by atoms with Gasteiger partial charge in [-0.1, -0.05) is 56.0 Å². The second-order valence-electron chi connectivity index (χ2n) is 9.97. The van der Waals surface area contributed by atoms with Gasteiger partial charge in [0, 0.05) is 29.4 Å². The fourth-order valence-corrected chi connectivity index (χ4v) is 6.60. The molecule has 3 atom stereocenters. The van der Waals surface area contributed by atoms with E-state index in [1.165, 1.54) is 52.4 Å². The van der Waals surface area contributed by atoms with Crippen molar-refractivity contribution < 1.29 is 9.53 Å². The van der Waals surface area contributed by atoms with Gasteiger partial charge >= 0.3 is 0 Å². The standard InChI is InChI=1S/C28H30O2S/c1-6-8-22-27-20(26-23(30-22)9-7-10-24(26)31-17(3)29)12-11-19-21-13-18(21)15-28(4,5)14-16(2)25(19)27/h6-7,9-12,14,18,21-22H,1,8,13,15H2,2-5H3/b16-14-. The lowest BCUT2D eigenvalue weighted by Gasteiger charge is -2.34. The number of carbonyl (C=O) groups is 1. The minimum Gasteiger partial charge on any atom is -0.485 e. The summed E-state index contributed by atoms with van der Waals surface area (Å²) in [4.78, 5) is 12.9. The Bertz CT molecular complexity index is 1120. The Morgan fingerprint density at radius 1 is 1.26 bits per heavy atom. The van der Waals surface area contributed by atoms with Crippen LogP contribution < -0.4 is 4.74 Å². The predicted octanol–water partition coefficient (Wildman–Crippen LogP) is 7.94. The van der Waals surface area contributed by atoms with Crippen LogP contribution >= 0.6 is 11.8 Å². The Morgan fingerprint density at radius 3 is 2.81 bits per heavy atom. The van der Waals surface area contributed by atoms with Gasteiger partial charge in [0.1, 0.15) is 11.9 Å². The van der Waals surface area contributed by atoms with E-state index in [-0.39, 0.29) is 16.6 Å². The molecule has 2 aromatic rings. The molecule has 0 saturated heterocycles. The van der Waals surface area contributed by atoms with Crippen molar-refractivity contribution >= 4 is 22.5 Å². The summed E-state index contributed by atoms with van der Waals surface area (Å²) in [7, 11) is 0. The highest BCUT2D eigenvalue weighted by Gasteiger charge is 2.45. The van der Waals surface area contributed by atoms with E-state index in [4.69, 9.17) is 4.74 Å². The van der Waals surface area contributed by atoms with Gasteiger partial charge in [0.25, 0.3) is 0 Å². The number of hydrogen-bond donors (Lipinski definition) is 0. The first-order valence-corrected chi connectivity index (χ1v) is 12.1. The van der Waals surface area contributed by atoms with Gasteiger partial charge in [-0.15, -0.1) is 6.58 Å². The third-order valence-electron chi connectivity index (χ3n) is 6.87. The Kier molecular flexibility index (Phi) is 4.93. The van der Waals surface area contributed by atoms with Crippen LogP contribution in [0.15, 0.2) is 54.0 Å². The number of allylic oxidation sites excluding steroid dienone is 2. The molecule has 1 aliphatic heterocycles. The lowest BCUT2D eigenvalue weighted by molar-refractivity contribution is -0.109. The van der Waals surface area contributed by atoms with Gasteiger partial charge in [-0.25, -0.2) is 0 Å². The van der Waals surface area contributed by atoms with Gasteiger partial charge in [0.15, 0.2) is 5.12 Å². The summed E-state index contributed by atoms with van der Waals surface area (Å²) in [5, 5.41) is 0.0908. The molecule has 1 heterocycles. The van der Waals surface area contributed by atoms with Gasteiger partial charge in [-0.2, -0.15) is 0 Å². The molecule has 2 aliphatic carbocycles. The SMILES string of the molecule is C=CCC1Oc2cccc(SC(C)=O)c2-c2ccc3c(c21)/C(C)=C\C(C)(C)CC1CC31. The van der Waals surface area contributed by atoms with Crippen molar-refractivity contribution in [1.82, 2.24) is 0 Å². The first-order valence-electron chi connectivity index (χ1n) is 11.2.